The van der Waals surface area contributed by atoms with Crippen molar-refractivity contribution in [3.8, 4) is 6.07 Å². The first-order valence-electron chi connectivity index (χ1n) is 5.59. The minimum atomic E-state index is -0.512. The molecule has 0 aliphatic carbocycles. The van der Waals surface area contributed by atoms with Gasteiger partial charge in [-0.05, 0) is 31.0 Å². The molecule has 1 aromatic carbocycles. The molecule has 1 aromatic rings. The van der Waals surface area contributed by atoms with Crippen LogP contribution in [0.1, 0.15) is 37.5 Å². The Kier molecular flexibility index (Phi) is 4.97. The Bertz CT molecular complexity index is 353. The third-order valence-corrected chi connectivity index (χ3v) is 2.70. The molecule has 0 heterocycles. The van der Waals surface area contributed by atoms with Gasteiger partial charge in [-0.3, -0.25) is 0 Å². The predicted octanol–water partition coefficient (Wildman–Crippen LogP) is 1.98. The van der Waals surface area contributed by atoms with Crippen molar-refractivity contribution in [1.29, 1.82) is 5.26 Å². The zero-order valence-corrected chi connectivity index (χ0v) is 9.77. The zero-order chi connectivity index (χ0) is 12.0. The predicted molar refractivity (Wildman–Crippen MR) is 63.9 cm³/mol. The van der Waals surface area contributed by atoms with Crippen LogP contribution >= 0.6 is 0 Å². The Morgan fingerprint density at radius 3 is 2.50 bits per heavy atom. The highest BCUT2D eigenvalue weighted by atomic mass is 16.3. The number of benzene rings is 1. The van der Waals surface area contributed by atoms with E-state index >= 15 is 0 Å². The molecule has 1 rings (SSSR count). The van der Waals surface area contributed by atoms with Gasteiger partial charge in [0.25, 0.3) is 0 Å². The summed E-state index contributed by atoms with van der Waals surface area (Å²) >= 11 is 0. The average Bonchev–Trinajstić information content (AvgIpc) is 2.35. The van der Waals surface area contributed by atoms with Crippen molar-refractivity contribution in [3.63, 3.8) is 0 Å². The molecule has 0 aliphatic rings. The van der Waals surface area contributed by atoms with E-state index in [4.69, 9.17) is 5.26 Å². The van der Waals surface area contributed by atoms with Gasteiger partial charge in [0.15, 0.2) is 0 Å². The van der Waals surface area contributed by atoms with Gasteiger partial charge in [0.2, 0.25) is 0 Å². The molecule has 0 spiro atoms. The van der Waals surface area contributed by atoms with Gasteiger partial charge >= 0.3 is 0 Å². The largest absolute Gasteiger partial charge is 0.387 e. The summed E-state index contributed by atoms with van der Waals surface area (Å²) in [6.45, 7) is 4.73. The van der Waals surface area contributed by atoms with Gasteiger partial charge in [-0.1, -0.05) is 19.1 Å². The first-order valence-corrected chi connectivity index (χ1v) is 5.59. The standard InChI is InChI=1S/C13H18N2O/c1-3-10(2)15-9-13(16)12-6-4-11(8-14)5-7-12/h4-7,10,13,15-16H,3,9H2,1-2H3. The van der Waals surface area contributed by atoms with Crippen LogP contribution in [-0.2, 0) is 0 Å². The van der Waals surface area contributed by atoms with Crippen LogP contribution < -0.4 is 5.32 Å². The van der Waals surface area contributed by atoms with Gasteiger partial charge in [-0.25, -0.2) is 0 Å². The average molecular weight is 218 g/mol. The smallest absolute Gasteiger partial charge is 0.0991 e. The molecule has 2 unspecified atom stereocenters. The summed E-state index contributed by atoms with van der Waals surface area (Å²) in [7, 11) is 0. The van der Waals surface area contributed by atoms with Gasteiger partial charge in [0, 0.05) is 12.6 Å². The second-order valence-electron chi connectivity index (χ2n) is 3.97. The minimum Gasteiger partial charge on any atom is -0.387 e. The Balaban J connectivity index is 2.53. The van der Waals surface area contributed by atoms with Crippen LogP contribution in [0.3, 0.4) is 0 Å². The van der Waals surface area contributed by atoms with E-state index in [1.807, 2.05) is 0 Å². The lowest BCUT2D eigenvalue weighted by molar-refractivity contribution is 0.170. The molecule has 0 fully saturated rings. The summed E-state index contributed by atoms with van der Waals surface area (Å²) in [6.07, 6.45) is 0.529. The first kappa shape index (κ1) is 12.7. The fourth-order valence-corrected chi connectivity index (χ4v) is 1.35. The van der Waals surface area contributed by atoms with Crippen molar-refractivity contribution in [2.45, 2.75) is 32.4 Å². The molecule has 86 valence electrons. The summed E-state index contributed by atoms with van der Waals surface area (Å²) in [4.78, 5) is 0. The summed E-state index contributed by atoms with van der Waals surface area (Å²) < 4.78 is 0. The molecule has 3 nitrogen and oxygen atoms in total. The molecular formula is C13H18N2O. The molecule has 0 amide bonds. The summed E-state index contributed by atoms with van der Waals surface area (Å²) in [5, 5.41) is 21.8. The van der Waals surface area contributed by atoms with Gasteiger partial charge in [-0.15, -0.1) is 0 Å². The number of nitrogens with zero attached hydrogens (tertiary/aromatic N) is 1. The summed E-state index contributed by atoms with van der Waals surface area (Å²) in [5.41, 5.74) is 1.46. The number of aliphatic hydroxyl groups excluding tert-OH is 1. The second-order valence-corrected chi connectivity index (χ2v) is 3.97. The van der Waals surface area contributed by atoms with Crippen molar-refractivity contribution in [1.82, 2.24) is 5.32 Å². The van der Waals surface area contributed by atoms with Crippen LogP contribution in [0.2, 0.25) is 0 Å². The van der Waals surface area contributed by atoms with E-state index in [1.165, 1.54) is 0 Å². The number of nitrogens with one attached hydrogen (secondary N) is 1. The third-order valence-electron chi connectivity index (χ3n) is 2.70. The molecular weight excluding hydrogens is 200 g/mol. The van der Waals surface area contributed by atoms with E-state index in [0.29, 0.717) is 18.2 Å². The normalized spacial score (nSPS) is 14.1. The molecule has 0 aliphatic heterocycles. The maximum atomic E-state index is 9.88. The number of nitriles is 1. The lowest BCUT2D eigenvalue weighted by Gasteiger charge is -2.16. The number of hydrogen-bond acceptors (Lipinski definition) is 3. The fourth-order valence-electron chi connectivity index (χ4n) is 1.35. The molecule has 2 atom stereocenters. The molecule has 16 heavy (non-hydrogen) atoms. The van der Waals surface area contributed by atoms with Crippen LogP contribution in [-0.4, -0.2) is 17.7 Å². The van der Waals surface area contributed by atoms with Gasteiger partial charge in [0.05, 0.1) is 17.7 Å². The van der Waals surface area contributed by atoms with E-state index < -0.39 is 6.10 Å². The molecule has 3 heteroatoms. The Labute approximate surface area is 96.7 Å². The SMILES string of the molecule is CCC(C)NCC(O)c1ccc(C#N)cc1. The lowest BCUT2D eigenvalue weighted by atomic mass is 10.1. The van der Waals surface area contributed by atoms with Crippen molar-refractivity contribution >= 4 is 0 Å². The third kappa shape index (κ3) is 3.65. The van der Waals surface area contributed by atoms with E-state index in [1.54, 1.807) is 24.3 Å². The quantitative estimate of drug-likeness (QED) is 0.794. The molecule has 0 aromatic heterocycles. The van der Waals surface area contributed by atoms with E-state index in [0.717, 1.165) is 12.0 Å². The number of hydrogen-bond donors (Lipinski definition) is 2. The summed E-state index contributed by atoms with van der Waals surface area (Å²) in [5.74, 6) is 0. The fraction of sp³-hybridized carbons (Fsp3) is 0.462. The van der Waals surface area contributed by atoms with Crippen LogP contribution in [0.4, 0.5) is 0 Å². The van der Waals surface area contributed by atoms with Gasteiger partial charge in [-0.2, -0.15) is 5.26 Å². The Morgan fingerprint density at radius 2 is 2.00 bits per heavy atom. The molecule has 0 saturated carbocycles. The van der Waals surface area contributed by atoms with Gasteiger partial charge < -0.3 is 10.4 Å². The van der Waals surface area contributed by atoms with E-state index in [2.05, 4.69) is 25.2 Å². The van der Waals surface area contributed by atoms with Crippen LogP contribution in [0, 0.1) is 11.3 Å². The highest BCUT2D eigenvalue weighted by Crippen LogP contribution is 2.12. The topological polar surface area (TPSA) is 56.0 Å². The highest BCUT2D eigenvalue weighted by molar-refractivity contribution is 5.32. The van der Waals surface area contributed by atoms with Crippen molar-refractivity contribution in [3.05, 3.63) is 35.4 Å². The zero-order valence-electron chi connectivity index (χ0n) is 9.77. The van der Waals surface area contributed by atoms with E-state index in [-0.39, 0.29) is 0 Å². The highest BCUT2D eigenvalue weighted by Gasteiger charge is 2.08. The summed E-state index contributed by atoms with van der Waals surface area (Å²) in [6, 6.07) is 9.50. The molecule has 0 saturated heterocycles. The van der Waals surface area contributed by atoms with Crippen LogP contribution in [0.25, 0.3) is 0 Å². The number of aliphatic hydroxyl groups is 1. The van der Waals surface area contributed by atoms with Crippen molar-refractivity contribution in [2.24, 2.45) is 0 Å². The molecule has 0 bridgehead atoms. The van der Waals surface area contributed by atoms with Gasteiger partial charge in [0.1, 0.15) is 0 Å². The minimum absolute atomic E-state index is 0.410. The second kappa shape index (κ2) is 6.26. The van der Waals surface area contributed by atoms with Crippen molar-refractivity contribution < 1.29 is 5.11 Å². The lowest BCUT2D eigenvalue weighted by Crippen LogP contribution is -2.29. The monoisotopic (exact) mass is 218 g/mol. The number of rotatable bonds is 5. The first-order chi connectivity index (χ1) is 7.67. The Hall–Kier alpha value is -1.37. The molecule has 2 N–H and O–H groups in total. The van der Waals surface area contributed by atoms with Crippen molar-refractivity contribution in [2.75, 3.05) is 6.54 Å². The van der Waals surface area contributed by atoms with Crippen LogP contribution in [0.15, 0.2) is 24.3 Å². The Morgan fingerprint density at radius 1 is 1.38 bits per heavy atom. The van der Waals surface area contributed by atoms with E-state index in [9.17, 15) is 5.11 Å². The van der Waals surface area contributed by atoms with Crippen LogP contribution in [0.5, 0.6) is 0 Å². The molecule has 0 radical (unpaired) electrons. The maximum absolute atomic E-state index is 9.88. The maximum Gasteiger partial charge on any atom is 0.0991 e.